The van der Waals surface area contributed by atoms with Gasteiger partial charge in [0.1, 0.15) is 5.69 Å². The van der Waals surface area contributed by atoms with Gasteiger partial charge in [0.15, 0.2) is 5.13 Å². The molecule has 1 saturated heterocycles. The molecule has 176 valence electrons. The topological polar surface area (TPSA) is 65.5 Å². The summed E-state index contributed by atoms with van der Waals surface area (Å²) < 4.78 is 0. The second-order valence-corrected chi connectivity index (χ2v) is 9.27. The molecule has 5 rings (SSSR count). The number of amides is 2. The maximum atomic E-state index is 13.1. The van der Waals surface area contributed by atoms with Gasteiger partial charge in [-0.15, -0.1) is 11.3 Å². The lowest BCUT2D eigenvalue weighted by atomic mass is 9.96. The lowest BCUT2D eigenvalue weighted by Crippen LogP contribution is -2.50. The van der Waals surface area contributed by atoms with Crippen molar-refractivity contribution >= 4 is 28.3 Å². The summed E-state index contributed by atoms with van der Waals surface area (Å²) >= 11 is 1.26. The van der Waals surface area contributed by atoms with E-state index in [-0.39, 0.29) is 17.9 Å². The summed E-state index contributed by atoms with van der Waals surface area (Å²) in [6, 6.07) is 30.1. The molecule has 0 radical (unpaired) electrons. The Morgan fingerprint density at radius 2 is 1.31 bits per heavy atom. The molecule has 0 saturated carbocycles. The van der Waals surface area contributed by atoms with E-state index in [9.17, 15) is 9.59 Å². The Hall–Kier alpha value is -3.81. The second kappa shape index (κ2) is 10.6. The minimum absolute atomic E-state index is 0.0999. The number of thiazole rings is 1. The van der Waals surface area contributed by atoms with Gasteiger partial charge < -0.3 is 4.90 Å². The largest absolute Gasteiger partial charge is 0.335 e. The Morgan fingerprint density at radius 1 is 0.771 bits per heavy atom. The van der Waals surface area contributed by atoms with Crippen LogP contribution in [0.5, 0.6) is 0 Å². The zero-order valence-electron chi connectivity index (χ0n) is 19.2. The predicted octanol–water partition coefficient (Wildman–Crippen LogP) is 4.94. The molecule has 7 heteroatoms. The van der Waals surface area contributed by atoms with E-state index >= 15 is 0 Å². The van der Waals surface area contributed by atoms with E-state index in [1.165, 1.54) is 22.5 Å². The molecular formula is C28H26N4O2S. The Morgan fingerprint density at radius 3 is 1.89 bits per heavy atom. The number of hydrogen-bond acceptors (Lipinski definition) is 5. The fraction of sp³-hybridized carbons (Fsp3) is 0.179. The Bertz CT molecular complexity index is 1230. The molecule has 0 unspecified atom stereocenters. The maximum Gasteiger partial charge on any atom is 0.273 e. The Labute approximate surface area is 208 Å². The average molecular weight is 483 g/mol. The van der Waals surface area contributed by atoms with E-state index in [1.54, 1.807) is 17.5 Å². The summed E-state index contributed by atoms with van der Waals surface area (Å²) in [6.45, 7) is 2.78. The number of aromatic nitrogens is 1. The van der Waals surface area contributed by atoms with Crippen molar-refractivity contribution in [1.29, 1.82) is 0 Å². The highest BCUT2D eigenvalue weighted by molar-refractivity contribution is 7.14. The molecule has 2 amide bonds. The van der Waals surface area contributed by atoms with Crippen LogP contribution in [0.1, 0.15) is 38.0 Å². The third-order valence-corrected chi connectivity index (χ3v) is 6.93. The minimum Gasteiger partial charge on any atom is -0.335 e. The quantitative estimate of drug-likeness (QED) is 0.423. The van der Waals surface area contributed by atoms with E-state index in [2.05, 4.69) is 63.7 Å². The maximum absolute atomic E-state index is 13.1. The molecule has 1 aromatic heterocycles. The number of carbonyl (C=O) groups excluding carboxylic acids is 2. The highest BCUT2D eigenvalue weighted by Gasteiger charge is 2.29. The van der Waals surface area contributed by atoms with E-state index in [0.717, 1.165) is 13.1 Å². The van der Waals surface area contributed by atoms with E-state index < -0.39 is 0 Å². The number of carbonyl (C=O) groups is 2. The van der Waals surface area contributed by atoms with Crippen molar-refractivity contribution in [1.82, 2.24) is 14.8 Å². The van der Waals surface area contributed by atoms with Crippen LogP contribution in [-0.2, 0) is 0 Å². The summed E-state index contributed by atoms with van der Waals surface area (Å²) in [5, 5.41) is 4.92. The number of piperazine rings is 1. The first-order valence-electron chi connectivity index (χ1n) is 11.6. The van der Waals surface area contributed by atoms with Gasteiger partial charge >= 0.3 is 0 Å². The predicted molar refractivity (Wildman–Crippen MR) is 139 cm³/mol. The van der Waals surface area contributed by atoms with Crippen molar-refractivity contribution in [3.8, 4) is 0 Å². The third-order valence-electron chi connectivity index (χ3n) is 6.18. The second-order valence-electron chi connectivity index (χ2n) is 8.41. The molecule has 4 aromatic rings. The summed E-state index contributed by atoms with van der Waals surface area (Å²) in [6.07, 6.45) is 0. The van der Waals surface area contributed by atoms with E-state index in [4.69, 9.17) is 0 Å². The Balaban J connectivity index is 1.24. The van der Waals surface area contributed by atoms with Crippen molar-refractivity contribution in [2.45, 2.75) is 6.04 Å². The summed E-state index contributed by atoms with van der Waals surface area (Å²) in [7, 11) is 0. The number of nitrogens with one attached hydrogen (secondary N) is 1. The lowest BCUT2D eigenvalue weighted by Gasteiger charge is -2.39. The van der Waals surface area contributed by atoms with Crippen LogP contribution in [0.15, 0.2) is 96.4 Å². The Kier molecular flexibility index (Phi) is 6.97. The lowest BCUT2D eigenvalue weighted by molar-refractivity contribution is 0.0592. The van der Waals surface area contributed by atoms with Gasteiger partial charge in [-0.1, -0.05) is 78.9 Å². The first kappa shape index (κ1) is 23.0. The van der Waals surface area contributed by atoms with Gasteiger partial charge in [0.2, 0.25) is 0 Å². The van der Waals surface area contributed by atoms with Crippen molar-refractivity contribution in [3.63, 3.8) is 0 Å². The van der Waals surface area contributed by atoms with Crippen LogP contribution in [0.4, 0.5) is 5.13 Å². The van der Waals surface area contributed by atoms with E-state index in [0.29, 0.717) is 29.5 Å². The van der Waals surface area contributed by atoms with Crippen LogP contribution in [-0.4, -0.2) is 52.8 Å². The molecule has 1 fully saturated rings. The van der Waals surface area contributed by atoms with Crippen LogP contribution in [0, 0.1) is 0 Å². The molecule has 2 heterocycles. The smallest absolute Gasteiger partial charge is 0.273 e. The van der Waals surface area contributed by atoms with Crippen molar-refractivity contribution in [2.75, 3.05) is 31.5 Å². The number of rotatable bonds is 6. The number of anilines is 1. The van der Waals surface area contributed by atoms with Crippen LogP contribution < -0.4 is 5.32 Å². The van der Waals surface area contributed by atoms with Crippen molar-refractivity contribution < 1.29 is 9.59 Å². The summed E-state index contributed by atoms with van der Waals surface area (Å²) in [5.41, 5.74) is 3.42. The molecule has 35 heavy (non-hydrogen) atoms. The number of hydrogen-bond donors (Lipinski definition) is 1. The van der Waals surface area contributed by atoms with Gasteiger partial charge in [-0.3, -0.25) is 19.8 Å². The zero-order valence-corrected chi connectivity index (χ0v) is 20.0. The molecule has 0 spiro atoms. The molecule has 1 aliphatic heterocycles. The first-order valence-corrected chi connectivity index (χ1v) is 12.5. The summed E-state index contributed by atoms with van der Waals surface area (Å²) in [5.74, 6) is -0.336. The molecule has 6 nitrogen and oxygen atoms in total. The molecule has 3 aromatic carbocycles. The summed E-state index contributed by atoms with van der Waals surface area (Å²) in [4.78, 5) is 34.2. The number of benzene rings is 3. The molecule has 0 bridgehead atoms. The average Bonchev–Trinajstić information content (AvgIpc) is 3.39. The SMILES string of the molecule is O=C(Nc1nc(C(=O)N2CCN(C(c3ccccc3)c3ccccc3)CC2)cs1)c1ccccc1. The van der Waals surface area contributed by atoms with Gasteiger partial charge in [-0.2, -0.15) is 0 Å². The van der Waals surface area contributed by atoms with Crippen LogP contribution in [0.2, 0.25) is 0 Å². The monoisotopic (exact) mass is 482 g/mol. The van der Waals surface area contributed by atoms with Gasteiger partial charge in [0.05, 0.1) is 6.04 Å². The molecule has 1 aliphatic rings. The fourth-order valence-corrected chi connectivity index (χ4v) is 5.10. The van der Waals surface area contributed by atoms with Gasteiger partial charge in [0, 0.05) is 37.1 Å². The van der Waals surface area contributed by atoms with Gasteiger partial charge in [-0.25, -0.2) is 4.98 Å². The fourth-order valence-electron chi connectivity index (χ4n) is 4.42. The standard InChI is InChI=1S/C28H26N4O2S/c33-26(23-14-8-3-9-15-23)30-28-29-24(20-35-28)27(34)32-18-16-31(17-19-32)25(21-10-4-1-5-11-21)22-12-6-2-7-13-22/h1-15,20,25H,16-19H2,(H,29,30,33). The normalized spacial score (nSPS) is 14.1. The first-order chi connectivity index (χ1) is 17.2. The zero-order chi connectivity index (χ0) is 24.0. The third kappa shape index (κ3) is 5.31. The highest BCUT2D eigenvalue weighted by atomic mass is 32.1. The molecule has 0 aliphatic carbocycles. The number of nitrogens with zero attached hydrogens (tertiary/aromatic N) is 3. The molecule has 1 N–H and O–H groups in total. The van der Waals surface area contributed by atoms with Crippen molar-refractivity contribution in [3.05, 3.63) is 119 Å². The van der Waals surface area contributed by atoms with Gasteiger partial charge in [-0.05, 0) is 23.3 Å². The minimum atomic E-state index is -0.236. The van der Waals surface area contributed by atoms with Crippen LogP contribution in [0.3, 0.4) is 0 Å². The van der Waals surface area contributed by atoms with Crippen LogP contribution >= 0.6 is 11.3 Å². The molecular weight excluding hydrogens is 456 g/mol. The van der Waals surface area contributed by atoms with Gasteiger partial charge in [0.25, 0.3) is 11.8 Å². The van der Waals surface area contributed by atoms with Crippen molar-refractivity contribution in [2.24, 2.45) is 0 Å². The molecule has 0 atom stereocenters. The van der Waals surface area contributed by atoms with E-state index in [1.807, 2.05) is 35.2 Å². The van der Waals surface area contributed by atoms with Crippen LogP contribution in [0.25, 0.3) is 0 Å². The highest BCUT2D eigenvalue weighted by Crippen LogP contribution is 2.29.